The SMILES string of the molecule is Cn1c(=O)c2cc(C(=O)Nc3ccc4c(c3)oc3ccc(S(=O)(=O)N5CCOCC5)cc34)ccc2n(C)c1=O. The highest BCUT2D eigenvalue weighted by molar-refractivity contribution is 7.89. The number of nitrogens with one attached hydrogen (secondary N) is 1. The summed E-state index contributed by atoms with van der Waals surface area (Å²) >= 11 is 0. The number of ether oxygens (including phenoxy) is 1. The molecule has 1 amide bonds. The third-order valence-electron chi connectivity index (χ3n) is 7.04. The minimum atomic E-state index is -3.67. The molecule has 0 spiro atoms. The first-order chi connectivity index (χ1) is 18.6. The van der Waals surface area contributed by atoms with E-state index in [1.165, 1.54) is 28.1 Å². The van der Waals surface area contributed by atoms with Crippen LogP contribution in [0.3, 0.4) is 0 Å². The van der Waals surface area contributed by atoms with Crippen molar-refractivity contribution in [3.05, 3.63) is 81.0 Å². The van der Waals surface area contributed by atoms with E-state index < -0.39 is 27.2 Å². The summed E-state index contributed by atoms with van der Waals surface area (Å²) in [5.41, 5.74) is 1.20. The molecule has 1 aliphatic rings. The van der Waals surface area contributed by atoms with Crippen LogP contribution in [0.25, 0.3) is 32.8 Å². The number of aromatic nitrogens is 2. The Balaban J connectivity index is 1.32. The van der Waals surface area contributed by atoms with Crippen LogP contribution < -0.4 is 16.6 Å². The first-order valence-corrected chi connectivity index (χ1v) is 13.6. The van der Waals surface area contributed by atoms with E-state index in [0.29, 0.717) is 59.4 Å². The number of fused-ring (bicyclic) bond motifs is 4. The van der Waals surface area contributed by atoms with Crippen LogP contribution in [-0.2, 0) is 28.9 Å². The summed E-state index contributed by atoms with van der Waals surface area (Å²) in [6, 6.07) is 14.4. The number of furan rings is 1. The van der Waals surface area contributed by atoms with Crippen molar-refractivity contribution in [1.29, 1.82) is 0 Å². The third-order valence-corrected chi connectivity index (χ3v) is 8.93. The van der Waals surface area contributed by atoms with Crippen molar-refractivity contribution in [1.82, 2.24) is 13.4 Å². The quantitative estimate of drug-likeness (QED) is 0.365. The van der Waals surface area contributed by atoms with Crippen molar-refractivity contribution in [3.8, 4) is 0 Å². The third kappa shape index (κ3) is 4.13. The van der Waals surface area contributed by atoms with Gasteiger partial charge in [0.05, 0.1) is 29.0 Å². The largest absolute Gasteiger partial charge is 0.456 e. The molecule has 1 fully saturated rings. The van der Waals surface area contributed by atoms with Gasteiger partial charge in [-0.05, 0) is 48.5 Å². The van der Waals surface area contributed by atoms with E-state index in [1.54, 1.807) is 49.5 Å². The van der Waals surface area contributed by atoms with Crippen LogP contribution in [0, 0.1) is 0 Å². The fourth-order valence-electron chi connectivity index (χ4n) is 4.87. The Morgan fingerprint density at radius 3 is 2.38 bits per heavy atom. The van der Waals surface area contributed by atoms with Gasteiger partial charge in [-0.3, -0.25) is 18.7 Å². The molecular weight excluding hydrogens is 524 g/mol. The van der Waals surface area contributed by atoms with Gasteiger partial charge in [-0.2, -0.15) is 4.31 Å². The average molecular weight is 549 g/mol. The Kier molecular flexibility index (Phi) is 5.90. The number of hydrogen-bond acceptors (Lipinski definition) is 7. The Morgan fingerprint density at radius 1 is 0.846 bits per heavy atom. The summed E-state index contributed by atoms with van der Waals surface area (Å²) in [7, 11) is -0.717. The second-order valence-corrected chi connectivity index (χ2v) is 11.3. The van der Waals surface area contributed by atoms with Gasteiger partial charge < -0.3 is 14.5 Å². The highest BCUT2D eigenvalue weighted by Gasteiger charge is 2.27. The fraction of sp³-hybridized carbons (Fsp3) is 0.222. The molecule has 0 bridgehead atoms. The predicted octanol–water partition coefficient (Wildman–Crippen LogP) is 2.41. The summed E-state index contributed by atoms with van der Waals surface area (Å²) in [5.74, 6) is -0.442. The lowest BCUT2D eigenvalue weighted by molar-refractivity contribution is 0.0730. The molecule has 3 heterocycles. The topological polar surface area (TPSA) is 133 Å². The lowest BCUT2D eigenvalue weighted by atomic mass is 10.1. The van der Waals surface area contributed by atoms with E-state index in [-0.39, 0.29) is 15.8 Å². The summed E-state index contributed by atoms with van der Waals surface area (Å²) < 4.78 is 41.2. The van der Waals surface area contributed by atoms with Gasteiger partial charge in [0, 0.05) is 55.3 Å². The number of anilines is 1. The van der Waals surface area contributed by atoms with Crippen molar-refractivity contribution < 1.29 is 22.4 Å². The Morgan fingerprint density at radius 2 is 1.62 bits per heavy atom. The molecule has 1 aliphatic heterocycles. The van der Waals surface area contributed by atoms with Gasteiger partial charge in [-0.1, -0.05) is 0 Å². The van der Waals surface area contributed by atoms with E-state index >= 15 is 0 Å². The molecule has 0 aliphatic carbocycles. The van der Waals surface area contributed by atoms with E-state index in [1.807, 2.05) is 0 Å². The van der Waals surface area contributed by atoms with Crippen LogP contribution in [-0.4, -0.2) is 54.1 Å². The molecule has 2 aromatic heterocycles. The van der Waals surface area contributed by atoms with E-state index in [2.05, 4.69) is 5.32 Å². The first-order valence-electron chi connectivity index (χ1n) is 12.2. The zero-order valence-corrected chi connectivity index (χ0v) is 21.9. The molecule has 5 aromatic rings. The normalized spacial score (nSPS) is 14.8. The van der Waals surface area contributed by atoms with E-state index in [9.17, 15) is 22.8 Å². The molecule has 0 saturated carbocycles. The first kappa shape index (κ1) is 25.0. The Hall–Kier alpha value is -4.26. The zero-order valence-electron chi connectivity index (χ0n) is 21.1. The van der Waals surface area contributed by atoms with Gasteiger partial charge in [0.2, 0.25) is 10.0 Å². The molecule has 39 heavy (non-hydrogen) atoms. The molecule has 6 rings (SSSR count). The minimum Gasteiger partial charge on any atom is -0.456 e. The van der Waals surface area contributed by atoms with Gasteiger partial charge in [0.25, 0.3) is 11.5 Å². The standard InChI is InChI=1S/C27H24N4O7S/c1-29-22-7-3-16(13-21(22)26(33)30(2)27(29)34)25(32)28-17-4-6-19-20-15-18(5-8-23(20)38-24(19)14-17)39(35,36)31-9-11-37-12-10-31/h3-8,13-15H,9-12H2,1-2H3,(H,28,32). The molecule has 12 heteroatoms. The summed E-state index contributed by atoms with van der Waals surface area (Å²) in [5, 5.41) is 4.41. The summed E-state index contributed by atoms with van der Waals surface area (Å²) in [6.07, 6.45) is 0. The molecule has 0 atom stereocenters. The zero-order chi connectivity index (χ0) is 27.5. The van der Waals surface area contributed by atoms with Crippen molar-refractivity contribution in [2.45, 2.75) is 4.90 Å². The number of sulfonamides is 1. The van der Waals surface area contributed by atoms with Gasteiger partial charge in [0.1, 0.15) is 11.2 Å². The summed E-state index contributed by atoms with van der Waals surface area (Å²) in [6.45, 7) is 1.33. The van der Waals surface area contributed by atoms with Crippen LogP contribution in [0.2, 0.25) is 0 Å². The van der Waals surface area contributed by atoms with Gasteiger partial charge in [-0.25, -0.2) is 13.2 Å². The number of amides is 1. The maximum atomic E-state index is 13.1. The van der Waals surface area contributed by atoms with Gasteiger partial charge in [0.15, 0.2) is 0 Å². The smallest absolute Gasteiger partial charge is 0.330 e. The molecule has 3 aromatic carbocycles. The number of nitrogens with zero attached hydrogens (tertiary/aromatic N) is 3. The van der Waals surface area contributed by atoms with Crippen LogP contribution in [0.1, 0.15) is 10.4 Å². The Bertz CT molecular complexity index is 2030. The molecule has 1 saturated heterocycles. The number of aryl methyl sites for hydroxylation is 1. The molecule has 1 N–H and O–H groups in total. The highest BCUT2D eigenvalue weighted by Crippen LogP contribution is 2.33. The average Bonchev–Trinajstić information content (AvgIpc) is 3.32. The molecule has 0 radical (unpaired) electrons. The molecule has 0 unspecified atom stereocenters. The van der Waals surface area contributed by atoms with E-state index in [0.717, 1.165) is 4.57 Å². The van der Waals surface area contributed by atoms with Crippen LogP contribution in [0.15, 0.2) is 73.5 Å². The maximum Gasteiger partial charge on any atom is 0.330 e. The Labute approximate surface area is 221 Å². The predicted molar refractivity (Wildman–Crippen MR) is 146 cm³/mol. The second-order valence-electron chi connectivity index (χ2n) is 9.38. The number of carbonyl (C=O) groups excluding carboxylic acids is 1. The summed E-state index contributed by atoms with van der Waals surface area (Å²) in [4.78, 5) is 38.0. The number of carbonyl (C=O) groups is 1. The van der Waals surface area contributed by atoms with Crippen LogP contribution in [0.4, 0.5) is 5.69 Å². The van der Waals surface area contributed by atoms with Gasteiger partial charge >= 0.3 is 5.69 Å². The van der Waals surface area contributed by atoms with Crippen molar-refractivity contribution >= 4 is 54.5 Å². The van der Waals surface area contributed by atoms with Crippen LogP contribution in [0.5, 0.6) is 0 Å². The van der Waals surface area contributed by atoms with Crippen molar-refractivity contribution in [2.24, 2.45) is 14.1 Å². The van der Waals surface area contributed by atoms with Crippen molar-refractivity contribution in [2.75, 3.05) is 31.6 Å². The number of benzene rings is 3. The molecule has 11 nitrogen and oxygen atoms in total. The number of morpholine rings is 1. The fourth-order valence-corrected chi connectivity index (χ4v) is 6.31. The maximum absolute atomic E-state index is 13.1. The van der Waals surface area contributed by atoms with Crippen LogP contribution >= 0.6 is 0 Å². The second kappa shape index (κ2) is 9.19. The van der Waals surface area contributed by atoms with E-state index in [4.69, 9.17) is 9.15 Å². The van der Waals surface area contributed by atoms with Crippen molar-refractivity contribution in [3.63, 3.8) is 0 Å². The molecule has 200 valence electrons. The lowest BCUT2D eigenvalue weighted by Crippen LogP contribution is -2.40. The number of hydrogen-bond donors (Lipinski definition) is 1. The number of rotatable bonds is 4. The molecular formula is C27H24N4O7S. The minimum absolute atomic E-state index is 0.178. The monoisotopic (exact) mass is 548 g/mol. The highest BCUT2D eigenvalue weighted by atomic mass is 32.2. The van der Waals surface area contributed by atoms with Gasteiger partial charge in [-0.15, -0.1) is 0 Å². The lowest BCUT2D eigenvalue weighted by Gasteiger charge is -2.26.